The zero-order chi connectivity index (χ0) is 35.7. The van der Waals surface area contributed by atoms with Crippen LogP contribution in [0, 0.1) is 11.3 Å². The lowest BCUT2D eigenvalue weighted by Gasteiger charge is -2.35. The fourth-order valence-corrected chi connectivity index (χ4v) is 8.01. The van der Waals surface area contributed by atoms with Gasteiger partial charge in [0.1, 0.15) is 6.10 Å². The summed E-state index contributed by atoms with van der Waals surface area (Å²) in [6.45, 7) is 6.88. The van der Waals surface area contributed by atoms with Gasteiger partial charge in [-0.15, -0.1) is 0 Å². The molecule has 5 rings (SSSR count). The van der Waals surface area contributed by atoms with E-state index in [0.717, 1.165) is 5.56 Å². The van der Waals surface area contributed by atoms with Crippen LogP contribution in [0.1, 0.15) is 52.0 Å². The third kappa shape index (κ3) is 10.00. The molecule has 0 spiro atoms. The summed E-state index contributed by atoms with van der Waals surface area (Å²) in [5.74, 6) is 0.679. The second-order valence-corrected chi connectivity index (χ2v) is 15.6. The Bertz CT molecular complexity index is 1540. The number of rotatable bonds is 17. The number of amides is 2. The minimum Gasteiger partial charge on any atom is -0.454 e. The lowest BCUT2D eigenvalue weighted by atomic mass is 9.87. The van der Waals surface area contributed by atoms with Crippen molar-refractivity contribution in [2.24, 2.45) is 11.3 Å². The maximum atomic E-state index is 14.3. The van der Waals surface area contributed by atoms with Crippen molar-refractivity contribution in [3.8, 4) is 11.5 Å². The topological polar surface area (TPSA) is 171 Å². The largest absolute Gasteiger partial charge is 0.454 e. The molecule has 2 aromatic rings. The Labute approximate surface area is 293 Å². The van der Waals surface area contributed by atoms with Crippen molar-refractivity contribution in [2.75, 3.05) is 46.2 Å². The van der Waals surface area contributed by atoms with Crippen LogP contribution in [0.4, 0.5) is 9.59 Å². The van der Waals surface area contributed by atoms with Crippen LogP contribution in [-0.2, 0) is 35.4 Å². The summed E-state index contributed by atoms with van der Waals surface area (Å²) in [5, 5.41) is 17.3. The van der Waals surface area contributed by atoms with Gasteiger partial charge in [-0.3, -0.25) is 0 Å². The highest BCUT2D eigenvalue weighted by atomic mass is 32.2. The van der Waals surface area contributed by atoms with Gasteiger partial charge in [0.05, 0.1) is 42.8 Å². The van der Waals surface area contributed by atoms with Gasteiger partial charge in [0.25, 0.3) is 0 Å². The molecule has 0 unspecified atom stereocenters. The van der Waals surface area contributed by atoms with E-state index in [2.05, 4.69) is 10.6 Å². The predicted octanol–water partition coefficient (Wildman–Crippen LogP) is 3.81. The number of alkyl carbamates (subject to hydrolysis) is 2. The van der Waals surface area contributed by atoms with E-state index in [4.69, 9.17) is 28.4 Å². The molecule has 3 aliphatic rings. The van der Waals surface area contributed by atoms with Crippen LogP contribution in [-0.4, -0.2) is 101 Å². The second kappa shape index (κ2) is 17.1. The number of ether oxygens (including phenoxy) is 6. The van der Waals surface area contributed by atoms with Crippen molar-refractivity contribution in [1.29, 1.82) is 0 Å². The fraction of sp³-hybridized carbons (Fsp3) is 0.600. The summed E-state index contributed by atoms with van der Waals surface area (Å²) in [7, 11) is -4.19. The van der Waals surface area contributed by atoms with Gasteiger partial charge in [-0.1, -0.05) is 51.1 Å². The molecule has 2 saturated heterocycles. The predicted molar refractivity (Wildman–Crippen MR) is 181 cm³/mol. The monoisotopic (exact) mass is 719 g/mol. The van der Waals surface area contributed by atoms with Gasteiger partial charge in [0, 0.05) is 25.7 Å². The molecule has 0 radical (unpaired) electrons. The summed E-state index contributed by atoms with van der Waals surface area (Å²) < 4.78 is 62.7. The van der Waals surface area contributed by atoms with Crippen molar-refractivity contribution in [3.63, 3.8) is 0 Å². The van der Waals surface area contributed by atoms with Crippen LogP contribution < -0.4 is 20.1 Å². The lowest BCUT2D eigenvalue weighted by molar-refractivity contribution is -0.0907. The zero-order valence-electron chi connectivity index (χ0n) is 28.9. The number of sulfonamides is 1. The van der Waals surface area contributed by atoms with Gasteiger partial charge in [0.15, 0.2) is 17.8 Å². The molecule has 0 aromatic heterocycles. The molecule has 15 heteroatoms. The number of hydrogen-bond donors (Lipinski definition) is 3. The van der Waals surface area contributed by atoms with Crippen molar-refractivity contribution in [1.82, 2.24) is 14.9 Å². The maximum Gasteiger partial charge on any atom is 0.407 e. The molecule has 50 heavy (non-hydrogen) atoms. The molecule has 2 aromatic carbocycles. The van der Waals surface area contributed by atoms with Gasteiger partial charge >= 0.3 is 12.2 Å². The molecule has 3 N–H and O–H groups in total. The maximum absolute atomic E-state index is 14.3. The van der Waals surface area contributed by atoms with E-state index in [0.29, 0.717) is 56.9 Å². The van der Waals surface area contributed by atoms with Crippen molar-refractivity contribution in [2.45, 2.75) is 82.3 Å². The van der Waals surface area contributed by atoms with Crippen molar-refractivity contribution < 1.29 is 51.5 Å². The average molecular weight is 720 g/mol. The molecule has 0 saturated carbocycles. The molecular formula is C35H49N3O11S. The average Bonchev–Trinajstić information content (AvgIpc) is 3.84. The number of benzene rings is 2. The molecular weight excluding hydrogens is 670 g/mol. The lowest BCUT2D eigenvalue weighted by Crippen LogP contribution is -2.52. The zero-order valence-corrected chi connectivity index (χ0v) is 29.7. The third-order valence-electron chi connectivity index (χ3n) is 9.02. The molecule has 14 nitrogen and oxygen atoms in total. The Balaban J connectivity index is 1.33. The molecule has 2 amide bonds. The summed E-state index contributed by atoms with van der Waals surface area (Å²) >= 11 is 0. The fourth-order valence-electron chi connectivity index (χ4n) is 6.35. The smallest absolute Gasteiger partial charge is 0.407 e. The van der Waals surface area contributed by atoms with E-state index < -0.39 is 52.2 Å². The van der Waals surface area contributed by atoms with Crippen LogP contribution in [0.3, 0.4) is 0 Å². The van der Waals surface area contributed by atoms with E-state index in [1.165, 1.54) is 16.4 Å². The number of hydrogen-bond acceptors (Lipinski definition) is 11. The number of nitrogens with zero attached hydrogens (tertiary/aromatic N) is 1. The van der Waals surface area contributed by atoms with Crippen LogP contribution in [0.2, 0.25) is 0 Å². The van der Waals surface area contributed by atoms with Gasteiger partial charge in [-0.25, -0.2) is 18.0 Å². The number of nitrogens with one attached hydrogen (secondary N) is 2. The Morgan fingerprint density at radius 2 is 1.86 bits per heavy atom. The summed E-state index contributed by atoms with van der Waals surface area (Å²) in [5.41, 5.74) is 0.252. The first kappa shape index (κ1) is 37.6. The number of aliphatic hydroxyl groups is 1. The highest BCUT2D eigenvalue weighted by Crippen LogP contribution is 2.36. The molecule has 0 aliphatic carbocycles. The Hall–Kier alpha value is -3.63. The van der Waals surface area contributed by atoms with Crippen LogP contribution in [0.25, 0.3) is 0 Å². The van der Waals surface area contributed by atoms with Crippen LogP contribution in [0.5, 0.6) is 11.5 Å². The Morgan fingerprint density at radius 3 is 2.64 bits per heavy atom. The Kier molecular flexibility index (Phi) is 12.8. The van der Waals surface area contributed by atoms with E-state index in [1.54, 1.807) is 6.07 Å². The van der Waals surface area contributed by atoms with Gasteiger partial charge < -0.3 is 44.2 Å². The molecule has 2 fully saturated rings. The summed E-state index contributed by atoms with van der Waals surface area (Å²) in [6, 6.07) is 12.8. The minimum atomic E-state index is -4.19. The molecule has 3 heterocycles. The highest BCUT2D eigenvalue weighted by molar-refractivity contribution is 7.89. The van der Waals surface area contributed by atoms with Gasteiger partial charge in [-0.2, -0.15) is 4.31 Å². The number of carbonyl (C=O) groups is 2. The van der Waals surface area contributed by atoms with E-state index in [9.17, 15) is 23.1 Å². The SMILES string of the molecule is CCCOC(=O)NCCCC(C)(C)CN(C[C@@H](O)[C@H](Cc1ccccc1)NC(=O)O[C@H]1CO[C@H]2OCC[C@H]21)S(=O)(=O)c1ccc2c(c1)OCO2. The molecule has 5 atom stereocenters. The summed E-state index contributed by atoms with van der Waals surface area (Å²) in [4.78, 5) is 25.1. The normalized spacial score (nSPS) is 21.0. The number of fused-ring (bicyclic) bond motifs is 2. The second-order valence-electron chi connectivity index (χ2n) is 13.6. The first-order valence-corrected chi connectivity index (χ1v) is 18.6. The molecule has 0 bridgehead atoms. The number of carbonyl (C=O) groups excluding carboxylic acids is 2. The first-order valence-electron chi connectivity index (χ1n) is 17.2. The Morgan fingerprint density at radius 1 is 1.08 bits per heavy atom. The number of aliphatic hydroxyl groups excluding tert-OH is 1. The van der Waals surface area contributed by atoms with E-state index >= 15 is 0 Å². The van der Waals surface area contributed by atoms with Crippen molar-refractivity contribution >= 4 is 22.2 Å². The highest BCUT2D eigenvalue weighted by Gasteiger charge is 2.44. The minimum absolute atomic E-state index is 0.0152. The summed E-state index contributed by atoms with van der Waals surface area (Å²) in [6.07, 6.45) is -0.697. The standard InChI is InChI=1S/C35H49N3O11S/c1-4-16-45-33(40)36-15-8-14-35(2,3)22-38(50(42,43)25-11-12-29-30(19-25)48-23-47-29)20-28(39)27(18-24-9-6-5-7-10-24)37-34(41)49-31-21-46-32-26(31)13-17-44-32/h5-7,9-12,19,26-28,31-32,39H,4,8,13-18,20-23H2,1-3H3,(H,36,40)(H,37,41)/t26-,27-,28+,31-,32+/m0/s1. The van der Waals surface area contributed by atoms with Crippen LogP contribution in [0.15, 0.2) is 53.4 Å². The quantitative estimate of drug-likeness (QED) is 0.203. The van der Waals surface area contributed by atoms with Crippen LogP contribution >= 0.6 is 0 Å². The molecule has 276 valence electrons. The van der Waals surface area contributed by atoms with Gasteiger partial charge in [-0.05, 0) is 55.2 Å². The molecule has 3 aliphatic heterocycles. The van der Waals surface area contributed by atoms with Crippen molar-refractivity contribution in [3.05, 3.63) is 54.1 Å². The first-order chi connectivity index (χ1) is 23.9. The third-order valence-corrected chi connectivity index (χ3v) is 10.8. The van der Waals surface area contributed by atoms with Gasteiger partial charge in [0.2, 0.25) is 16.8 Å². The van der Waals surface area contributed by atoms with E-state index in [1.807, 2.05) is 51.1 Å². The van der Waals surface area contributed by atoms with E-state index in [-0.39, 0.29) is 43.7 Å².